The molecule has 178 valence electrons. The van der Waals surface area contributed by atoms with Crippen LogP contribution in [-0.4, -0.2) is 60.4 Å². The number of alkyl carbamates (subject to hydrolysis) is 1. The van der Waals surface area contributed by atoms with E-state index in [1.54, 1.807) is 34.8 Å². The lowest BCUT2D eigenvalue weighted by Gasteiger charge is -2.32. The maximum atomic E-state index is 12.6. The zero-order valence-corrected chi connectivity index (χ0v) is 20.6. The molecule has 0 radical (unpaired) electrons. The first kappa shape index (κ1) is 27.0. The first-order chi connectivity index (χ1) is 14.3. The molecule has 1 aromatic rings. The Morgan fingerprint density at radius 3 is 2.32 bits per heavy atom. The molecule has 0 bridgehead atoms. The number of aromatic nitrogens is 2. The van der Waals surface area contributed by atoms with Gasteiger partial charge in [-0.1, -0.05) is 32.4 Å². The Morgan fingerprint density at radius 2 is 1.81 bits per heavy atom. The number of methoxy groups -OCH3 is 1. The van der Waals surface area contributed by atoms with E-state index in [1.807, 2.05) is 20.8 Å². The van der Waals surface area contributed by atoms with Gasteiger partial charge in [-0.2, -0.15) is 0 Å². The van der Waals surface area contributed by atoms with Crippen molar-refractivity contribution in [1.29, 1.82) is 0 Å². The number of carbonyl (C=O) groups is 2. The SMILES string of the molecule is CCOC(=O)c1c(Cl)c(OCCCOC)nn1C[C@H](NC(=O)OC(C)(C)C)C(C)(C)C. The van der Waals surface area contributed by atoms with Crippen LogP contribution in [0.4, 0.5) is 4.79 Å². The molecule has 1 amide bonds. The van der Waals surface area contributed by atoms with Crippen molar-refractivity contribution in [2.24, 2.45) is 5.41 Å². The summed E-state index contributed by atoms with van der Waals surface area (Å²) in [7, 11) is 1.60. The molecular formula is C21H36ClN3O6. The van der Waals surface area contributed by atoms with E-state index in [0.717, 1.165) is 0 Å². The summed E-state index contributed by atoms with van der Waals surface area (Å²) in [5, 5.41) is 7.32. The number of hydrogen-bond donors (Lipinski definition) is 1. The minimum absolute atomic E-state index is 0.0702. The standard InChI is InChI=1S/C21H36ClN3O6/c1-9-29-18(26)16-15(22)17(30-12-10-11-28-8)24-25(16)13-14(20(2,3)4)23-19(27)31-21(5,6)7/h14H,9-13H2,1-8H3,(H,23,27)/t14-/m0/s1. The fourth-order valence-corrected chi connectivity index (χ4v) is 2.83. The fourth-order valence-electron chi connectivity index (χ4n) is 2.57. The second kappa shape index (κ2) is 11.6. The van der Waals surface area contributed by atoms with Crippen LogP contribution in [0.2, 0.25) is 5.02 Å². The fraction of sp³-hybridized carbons (Fsp3) is 0.762. The average Bonchev–Trinajstić information content (AvgIpc) is 2.91. The van der Waals surface area contributed by atoms with Gasteiger partial charge in [-0.05, 0) is 33.1 Å². The Kier molecular flexibility index (Phi) is 10.1. The minimum atomic E-state index is -0.638. The highest BCUT2D eigenvalue weighted by Crippen LogP contribution is 2.30. The van der Waals surface area contributed by atoms with Gasteiger partial charge in [-0.25, -0.2) is 9.59 Å². The highest BCUT2D eigenvalue weighted by atomic mass is 35.5. The molecule has 1 rings (SSSR count). The largest absolute Gasteiger partial charge is 0.475 e. The van der Waals surface area contributed by atoms with Crippen LogP contribution in [0.1, 0.15) is 65.4 Å². The summed E-state index contributed by atoms with van der Waals surface area (Å²) in [4.78, 5) is 24.9. The van der Waals surface area contributed by atoms with Crippen LogP contribution in [-0.2, 0) is 20.8 Å². The second-order valence-corrected chi connectivity index (χ2v) is 9.51. The van der Waals surface area contributed by atoms with Crippen molar-refractivity contribution in [2.75, 3.05) is 26.9 Å². The van der Waals surface area contributed by atoms with E-state index in [9.17, 15) is 9.59 Å². The molecule has 0 aliphatic rings. The minimum Gasteiger partial charge on any atom is -0.475 e. The van der Waals surface area contributed by atoms with Gasteiger partial charge in [0, 0.05) is 20.1 Å². The van der Waals surface area contributed by atoms with Crippen molar-refractivity contribution in [3.05, 3.63) is 10.7 Å². The Labute approximate surface area is 189 Å². The third-order valence-electron chi connectivity index (χ3n) is 4.16. The molecule has 9 nitrogen and oxygen atoms in total. The molecule has 0 spiro atoms. The third kappa shape index (κ3) is 8.95. The molecule has 0 saturated heterocycles. The molecule has 31 heavy (non-hydrogen) atoms. The van der Waals surface area contributed by atoms with Gasteiger partial charge in [0.1, 0.15) is 10.6 Å². The van der Waals surface area contributed by atoms with Crippen molar-refractivity contribution >= 4 is 23.7 Å². The van der Waals surface area contributed by atoms with E-state index in [4.69, 9.17) is 30.5 Å². The molecule has 0 fully saturated rings. The van der Waals surface area contributed by atoms with Crippen molar-refractivity contribution in [3.63, 3.8) is 0 Å². The Bertz CT molecular complexity index is 737. The van der Waals surface area contributed by atoms with Crippen LogP contribution in [0, 0.1) is 5.41 Å². The van der Waals surface area contributed by atoms with E-state index in [2.05, 4.69) is 10.4 Å². The Hall–Kier alpha value is -2.00. The molecule has 10 heteroatoms. The molecule has 1 heterocycles. The van der Waals surface area contributed by atoms with Crippen molar-refractivity contribution in [1.82, 2.24) is 15.1 Å². The van der Waals surface area contributed by atoms with Gasteiger partial charge in [0.2, 0.25) is 0 Å². The summed E-state index contributed by atoms with van der Waals surface area (Å²) >= 11 is 6.41. The number of rotatable bonds is 10. The van der Waals surface area contributed by atoms with Gasteiger partial charge in [0.25, 0.3) is 5.88 Å². The number of hydrogen-bond acceptors (Lipinski definition) is 7. The van der Waals surface area contributed by atoms with Crippen molar-refractivity contribution in [2.45, 2.75) is 73.1 Å². The quantitative estimate of drug-likeness (QED) is 0.414. The monoisotopic (exact) mass is 461 g/mol. The first-order valence-electron chi connectivity index (χ1n) is 10.3. The Balaban J connectivity index is 3.18. The van der Waals surface area contributed by atoms with E-state index < -0.39 is 23.7 Å². The van der Waals surface area contributed by atoms with Crippen LogP contribution in [0.25, 0.3) is 0 Å². The van der Waals surface area contributed by atoms with Gasteiger partial charge in [-0.3, -0.25) is 4.68 Å². The molecule has 0 aromatic carbocycles. The van der Waals surface area contributed by atoms with E-state index in [1.165, 1.54) is 4.68 Å². The summed E-state index contributed by atoms with van der Waals surface area (Å²) in [5.74, 6) is -0.484. The van der Waals surface area contributed by atoms with Crippen molar-refractivity contribution in [3.8, 4) is 5.88 Å². The predicted molar refractivity (Wildman–Crippen MR) is 118 cm³/mol. The lowest BCUT2D eigenvalue weighted by Crippen LogP contribution is -2.48. The average molecular weight is 462 g/mol. The number of esters is 1. The molecule has 0 unspecified atom stereocenters. The van der Waals surface area contributed by atoms with Crippen LogP contribution in [0.5, 0.6) is 5.88 Å². The summed E-state index contributed by atoms with van der Waals surface area (Å²) in [6.45, 7) is 14.2. The van der Waals surface area contributed by atoms with Crippen LogP contribution in [0.15, 0.2) is 0 Å². The van der Waals surface area contributed by atoms with Crippen LogP contribution in [0.3, 0.4) is 0 Å². The van der Waals surface area contributed by atoms with Gasteiger partial charge in [0.15, 0.2) is 5.69 Å². The number of amides is 1. The van der Waals surface area contributed by atoms with Gasteiger partial charge in [0.05, 0.1) is 25.8 Å². The summed E-state index contributed by atoms with van der Waals surface area (Å²) in [6, 6.07) is -0.423. The zero-order valence-electron chi connectivity index (χ0n) is 19.8. The van der Waals surface area contributed by atoms with Gasteiger partial charge >= 0.3 is 12.1 Å². The number of halogens is 1. The number of nitrogens with one attached hydrogen (secondary N) is 1. The lowest BCUT2D eigenvalue weighted by molar-refractivity contribution is 0.0449. The number of carbonyl (C=O) groups excluding carboxylic acids is 2. The molecular weight excluding hydrogens is 426 g/mol. The zero-order chi connectivity index (χ0) is 23.8. The smallest absolute Gasteiger partial charge is 0.407 e. The van der Waals surface area contributed by atoms with Gasteiger partial charge < -0.3 is 24.3 Å². The van der Waals surface area contributed by atoms with Crippen molar-refractivity contribution < 1.29 is 28.5 Å². The van der Waals surface area contributed by atoms with E-state index >= 15 is 0 Å². The highest BCUT2D eigenvalue weighted by molar-refractivity contribution is 6.34. The maximum absolute atomic E-state index is 12.6. The van der Waals surface area contributed by atoms with E-state index in [-0.39, 0.29) is 35.2 Å². The summed E-state index contributed by atoms with van der Waals surface area (Å²) in [6.07, 6.45) is 0.0820. The lowest BCUT2D eigenvalue weighted by atomic mass is 9.86. The first-order valence-corrected chi connectivity index (χ1v) is 10.7. The number of ether oxygens (including phenoxy) is 4. The van der Waals surface area contributed by atoms with Crippen LogP contribution >= 0.6 is 11.6 Å². The van der Waals surface area contributed by atoms with E-state index in [0.29, 0.717) is 19.6 Å². The predicted octanol–water partition coefficient (Wildman–Crippen LogP) is 4.07. The van der Waals surface area contributed by atoms with Gasteiger partial charge in [-0.15, -0.1) is 5.10 Å². The maximum Gasteiger partial charge on any atom is 0.407 e. The Morgan fingerprint density at radius 1 is 1.16 bits per heavy atom. The molecule has 1 aromatic heterocycles. The highest BCUT2D eigenvalue weighted by Gasteiger charge is 2.32. The van der Waals surface area contributed by atoms with Crippen LogP contribution < -0.4 is 10.1 Å². The summed E-state index contributed by atoms with van der Waals surface area (Å²) in [5.41, 5.74) is -0.938. The second-order valence-electron chi connectivity index (χ2n) is 9.13. The number of nitrogens with zero attached hydrogens (tertiary/aromatic N) is 2. The summed E-state index contributed by atoms with van der Waals surface area (Å²) < 4.78 is 22.6. The molecule has 0 aliphatic carbocycles. The molecule has 1 atom stereocenters. The third-order valence-corrected chi connectivity index (χ3v) is 4.50. The molecule has 0 saturated carbocycles. The molecule has 0 aliphatic heterocycles. The normalized spacial score (nSPS) is 12.9. The topological polar surface area (TPSA) is 101 Å². The molecule has 1 N–H and O–H groups in total.